The van der Waals surface area contributed by atoms with Crippen molar-refractivity contribution in [3.63, 3.8) is 0 Å². The summed E-state index contributed by atoms with van der Waals surface area (Å²) < 4.78 is 8.07. The van der Waals surface area contributed by atoms with Crippen molar-refractivity contribution in [3.05, 3.63) is 47.0 Å². The van der Waals surface area contributed by atoms with Crippen molar-refractivity contribution in [2.24, 2.45) is 0 Å². The fraction of sp³-hybridized carbons (Fsp3) is 0.375. The summed E-state index contributed by atoms with van der Waals surface area (Å²) in [6.45, 7) is 4.19. The maximum absolute atomic E-state index is 11.0. The molecule has 0 radical (unpaired) electrons. The Balaban J connectivity index is 1.78. The fourth-order valence-electron chi connectivity index (χ4n) is 2.57. The molecule has 0 spiro atoms. The molecule has 1 N–H and O–H groups in total. The standard InChI is InChI=1S/C16H18N2O3/c1-10-5-12(16(19)20)6-11(2)15(10)21-8-14-7-17-9-18(14)13-3-4-13/h5-7,9,13H,3-4,8H2,1-2H3,(H,19,20). The van der Waals surface area contributed by atoms with E-state index >= 15 is 0 Å². The van der Waals surface area contributed by atoms with E-state index in [0.717, 1.165) is 22.6 Å². The van der Waals surface area contributed by atoms with E-state index in [1.165, 1.54) is 12.8 Å². The molecular weight excluding hydrogens is 268 g/mol. The Labute approximate surface area is 123 Å². The first-order chi connectivity index (χ1) is 10.1. The molecule has 1 aliphatic rings. The van der Waals surface area contributed by atoms with E-state index in [2.05, 4.69) is 9.55 Å². The number of aromatic carboxylic acids is 1. The Morgan fingerprint density at radius 3 is 2.62 bits per heavy atom. The number of carboxylic acids is 1. The van der Waals surface area contributed by atoms with Crippen LogP contribution in [0, 0.1) is 13.8 Å². The van der Waals surface area contributed by atoms with Crippen molar-refractivity contribution in [1.82, 2.24) is 9.55 Å². The highest BCUT2D eigenvalue weighted by atomic mass is 16.5. The van der Waals surface area contributed by atoms with E-state index in [1.54, 1.807) is 12.1 Å². The number of imidazole rings is 1. The molecule has 0 unspecified atom stereocenters. The zero-order valence-corrected chi connectivity index (χ0v) is 12.2. The lowest BCUT2D eigenvalue weighted by Crippen LogP contribution is -2.06. The first-order valence-corrected chi connectivity index (χ1v) is 7.04. The number of benzene rings is 1. The Hall–Kier alpha value is -2.30. The van der Waals surface area contributed by atoms with Crippen LogP contribution in [0.15, 0.2) is 24.7 Å². The molecule has 1 aromatic heterocycles. The highest BCUT2D eigenvalue weighted by molar-refractivity contribution is 5.88. The van der Waals surface area contributed by atoms with Gasteiger partial charge in [0.15, 0.2) is 0 Å². The van der Waals surface area contributed by atoms with Gasteiger partial charge in [-0.2, -0.15) is 0 Å². The molecule has 1 fully saturated rings. The van der Waals surface area contributed by atoms with Crippen LogP contribution in [-0.4, -0.2) is 20.6 Å². The second-order valence-corrected chi connectivity index (χ2v) is 5.56. The quantitative estimate of drug-likeness (QED) is 0.917. The minimum Gasteiger partial charge on any atom is -0.487 e. The van der Waals surface area contributed by atoms with E-state index in [1.807, 2.05) is 26.4 Å². The van der Waals surface area contributed by atoms with Crippen molar-refractivity contribution in [1.29, 1.82) is 0 Å². The minimum atomic E-state index is -0.917. The Kier molecular flexibility index (Phi) is 3.41. The average Bonchev–Trinajstić information content (AvgIpc) is 3.17. The molecule has 0 amide bonds. The number of hydrogen-bond donors (Lipinski definition) is 1. The van der Waals surface area contributed by atoms with E-state index < -0.39 is 5.97 Å². The highest BCUT2D eigenvalue weighted by Crippen LogP contribution is 2.36. The molecule has 2 aromatic rings. The number of rotatable bonds is 5. The number of carboxylic acid groups (broad SMARTS) is 1. The molecule has 0 atom stereocenters. The van der Waals surface area contributed by atoms with Crippen LogP contribution in [0.1, 0.15) is 46.1 Å². The Morgan fingerprint density at radius 1 is 1.38 bits per heavy atom. The summed E-state index contributed by atoms with van der Waals surface area (Å²) in [4.78, 5) is 15.2. The molecular formula is C16H18N2O3. The average molecular weight is 286 g/mol. The molecule has 5 nitrogen and oxygen atoms in total. The molecule has 1 heterocycles. The summed E-state index contributed by atoms with van der Waals surface area (Å²) >= 11 is 0. The van der Waals surface area contributed by atoms with E-state index in [9.17, 15) is 4.79 Å². The Bertz CT molecular complexity index is 664. The van der Waals surface area contributed by atoms with Gasteiger partial charge in [0.2, 0.25) is 0 Å². The SMILES string of the molecule is Cc1cc(C(=O)O)cc(C)c1OCc1cncn1C1CC1. The number of nitrogens with zero attached hydrogens (tertiary/aromatic N) is 2. The van der Waals surface area contributed by atoms with Gasteiger partial charge in [-0.1, -0.05) is 0 Å². The lowest BCUT2D eigenvalue weighted by Gasteiger charge is -2.14. The summed E-state index contributed by atoms with van der Waals surface area (Å²) in [6.07, 6.45) is 6.08. The monoisotopic (exact) mass is 286 g/mol. The van der Waals surface area contributed by atoms with Crippen molar-refractivity contribution >= 4 is 5.97 Å². The van der Waals surface area contributed by atoms with Crippen LogP contribution in [0.5, 0.6) is 5.75 Å². The number of ether oxygens (including phenoxy) is 1. The van der Waals surface area contributed by atoms with Gasteiger partial charge in [0.05, 0.1) is 23.8 Å². The van der Waals surface area contributed by atoms with Crippen LogP contribution < -0.4 is 4.74 Å². The second kappa shape index (κ2) is 5.24. The van der Waals surface area contributed by atoms with E-state index in [4.69, 9.17) is 9.84 Å². The van der Waals surface area contributed by atoms with Crippen molar-refractivity contribution in [2.45, 2.75) is 39.3 Å². The van der Waals surface area contributed by atoms with Crippen LogP contribution in [-0.2, 0) is 6.61 Å². The van der Waals surface area contributed by atoms with Gasteiger partial charge < -0.3 is 14.4 Å². The molecule has 5 heteroatoms. The second-order valence-electron chi connectivity index (χ2n) is 5.56. The normalized spacial score (nSPS) is 14.2. The van der Waals surface area contributed by atoms with Crippen LogP contribution in [0.3, 0.4) is 0 Å². The van der Waals surface area contributed by atoms with Crippen molar-refractivity contribution in [3.8, 4) is 5.75 Å². The number of aryl methyl sites for hydroxylation is 2. The van der Waals surface area contributed by atoms with Gasteiger partial charge in [-0.05, 0) is 49.9 Å². The maximum Gasteiger partial charge on any atom is 0.335 e. The van der Waals surface area contributed by atoms with Gasteiger partial charge in [-0.15, -0.1) is 0 Å². The summed E-state index contributed by atoms with van der Waals surface area (Å²) in [6, 6.07) is 3.86. The smallest absolute Gasteiger partial charge is 0.335 e. The van der Waals surface area contributed by atoms with Crippen molar-refractivity contribution < 1.29 is 14.6 Å². The zero-order chi connectivity index (χ0) is 15.0. The highest BCUT2D eigenvalue weighted by Gasteiger charge is 2.25. The molecule has 1 aliphatic carbocycles. The minimum absolute atomic E-state index is 0.292. The van der Waals surface area contributed by atoms with Gasteiger partial charge in [0, 0.05) is 6.04 Å². The summed E-state index contributed by atoms with van der Waals surface area (Å²) in [5.74, 6) is -0.164. The van der Waals surface area contributed by atoms with Crippen LogP contribution in [0.25, 0.3) is 0 Å². The third-order valence-corrected chi connectivity index (χ3v) is 3.76. The molecule has 0 aliphatic heterocycles. The molecule has 0 bridgehead atoms. The van der Waals surface area contributed by atoms with Gasteiger partial charge in [0.25, 0.3) is 0 Å². The predicted octanol–water partition coefficient (Wildman–Crippen LogP) is 3.11. The van der Waals surface area contributed by atoms with E-state index in [0.29, 0.717) is 18.2 Å². The molecule has 1 aromatic carbocycles. The zero-order valence-electron chi connectivity index (χ0n) is 12.2. The fourth-order valence-corrected chi connectivity index (χ4v) is 2.57. The molecule has 110 valence electrons. The molecule has 1 saturated carbocycles. The lowest BCUT2D eigenvalue weighted by atomic mass is 10.1. The van der Waals surface area contributed by atoms with Gasteiger partial charge >= 0.3 is 5.97 Å². The van der Waals surface area contributed by atoms with Gasteiger partial charge in [-0.3, -0.25) is 0 Å². The third kappa shape index (κ3) is 2.77. The summed E-state index contributed by atoms with van der Waals surface area (Å²) in [5.41, 5.74) is 3.02. The number of aromatic nitrogens is 2. The lowest BCUT2D eigenvalue weighted by molar-refractivity contribution is 0.0696. The van der Waals surface area contributed by atoms with Crippen molar-refractivity contribution in [2.75, 3.05) is 0 Å². The summed E-state index contributed by atoms with van der Waals surface area (Å²) in [5, 5.41) is 9.06. The van der Waals surface area contributed by atoms with Crippen LogP contribution in [0.4, 0.5) is 0 Å². The third-order valence-electron chi connectivity index (χ3n) is 3.76. The first-order valence-electron chi connectivity index (χ1n) is 7.04. The predicted molar refractivity (Wildman–Crippen MR) is 77.7 cm³/mol. The maximum atomic E-state index is 11.0. The molecule has 21 heavy (non-hydrogen) atoms. The van der Waals surface area contributed by atoms with E-state index in [-0.39, 0.29) is 0 Å². The topological polar surface area (TPSA) is 64.3 Å². The molecule has 3 rings (SSSR count). The number of carbonyl (C=O) groups is 1. The summed E-state index contributed by atoms with van der Waals surface area (Å²) in [7, 11) is 0. The van der Waals surface area contributed by atoms with Crippen LogP contribution in [0.2, 0.25) is 0 Å². The van der Waals surface area contributed by atoms with Gasteiger partial charge in [-0.25, -0.2) is 9.78 Å². The first kappa shape index (κ1) is 13.7. The Morgan fingerprint density at radius 2 is 2.05 bits per heavy atom. The van der Waals surface area contributed by atoms with Gasteiger partial charge in [0.1, 0.15) is 12.4 Å². The number of hydrogen-bond acceptors (Lipinski definition) is 3. The van der Waals surface area contributed by atoms with Crippen LogP contribution >= 0.6 is 0 Å². The molecule has 0 saturated heterocycles. The largest absolute Gasteiger partial charge is 0.487 e.